The van der Waals surface area contributed by atoms with Gasteiger partial charge in [0.05, 0.1) is 5.02 Å². The molecule has 0 fully saturated rings. The van der Waals surface area contributed by atoms with E-state index in [-0.39, 0.29) is 10.7 Å². The lowest BCUT2D eigenvalue weighted by Crippen LogP contribution is -1.99. The van der Waals surface area contributed by atoms with Gasteiger partial charge in [0.2, 0.25) is 0 Å². The van der Waals surface area contributed by atoms with Crippen LogP contribution < -0.4 is 0 Å². The van der Waals surface area contributed by atoms with Crippen molar-refractivity contribution >= 4 is 17.6 Å². The zero-order valence-corrected chi connectivity index (χ0v) is 9.28. The van der Waals surface area contributed by atoms with E-state index in [1.165, 1.54) is 30.5 Å². The average molecular weight is 252 g/mol. The Bertz CT molecular complexity index is 569. The maximum Gasteiger partial charge on any atom is 0.354 e. The number of hydrogen-bond donors (Lipinski definition) is 1. The molecule has 0 spiro atoms. The van der Waals surface area contributed by atoms with Crippen molar-refractivity contribution in [2.75, 3.05) is 0 Å². The Morgan fingerprint density at radius 1 is 1.29 bits per heavy atom. The Balaban J connectivity index is 2.43. The van der Waals surface area contributed by atoms with Crippen molar-refractivity contribution in [3.8, 4) is 11.1 Å². The number of benzene rings is 1. The second-order valence-electron chi connectivity index (χ2n) is 3.36. The van der Waals surface area contributed by atoms with Gasteiger partial charge in [-0.25, -0.2) is 14.2 Å². The summed E-state index contributed by atoms with van der Waals surface area (Å²) < 4.78 is 12.9. The highest BCUT2D eigenvalue weighted by molar-refractivity contribution is 6.33. The molecule has 1 aromatic carbocycles. The summed E-state index contributed by atoms with van der Waals surface area (Å²) in [4.78, 5) is 14.4. The van der Waals surface area contributed by atoms with E-state index < -0.39 is 11.8 Å². The van der Waals surface area contributed by atoms with Crippen LogP contribution >= 0.6 is 11.6 Å². The van der Waals surface area contributed by atoms with E-state index in [1.807, 2.05) is 0 Å². The van der Waals surface area contributed by atoms with Crippen molar-refractivity contribution < 1.29 is 14.3 Å². The number of nitrogens with zero attached hydrogens (tertiary/aromatic N) is 1. The first-order valence-corrected chi connectivity index (χ1v) is 5.10. The third-order valence-corrected chi connectivity index (χ3v) is 2.54. The molecule has 0 aliphatic rings. The minimum atomic E-state index is -1.10. The highest BCUT2D eigenvalue weighted by Crippen LogP contribution is 2.27. The zero-order valence-electron chi connectivity index (χ0n) is 8.52. The lowest BCUT2D eigenvalue weighted by atomic mass is 10.1. The lowest BCUT2D eigenvalue weighted by molar-refractivity contribution is 0.0690. The van der Waals surface area contributed by atoms with E-state index in [1.54, 1.807) is 6.07 Å². The SMILES string of the molecule is O=C(O)c1ccc(-c2ccc(F)cc2Cl)cn1. The minimum Gasteiger partial charge on any atom is -0.477 e. The number of halogens is 2. The van der Waals surface area contributed by atoms with Gasteiger partial charge in [0.25, 0.3) is 0 Å². The summed E-state index contributed by atoms with van der Waals surface area (Å²) in [7, 11) is 0. The van der Waals surface area contributed by atoms with Gasteiger partial charge in [0, 0.05) is 17.3 Å². The summed E-state index contributed by atoms with van der Waals surface area (Å²) in [5, 5.41) is 8.96. The quantitative estimate of drug-likeness (QED) is 0.891. The van der Waals surface area contributed by atoms with Crippen molar-refractivity contribution in [3.05, 3.63) is 53.1 Å². The first-order chi connectivity index (χ1) is 8.08. The van der Waals surface area contributed by atoms with Crippen LogP contribution in [0.2, 0.25) is 5.02 Å². The van der Waals surface area contributed by atoms with Crippen LogP contribution in [0.1, 0.15) is 10.5 Å². The summed E-state index contributed by atoms with van der Waals surface area (Å²) >= 11 is 5.88. The van der Waals surface area contributed by atoms with E-state index in [0.29, 0.717) is 11.1 Å². The molecule has 17 heavy (non-hydrogen) atoms. The Kier molecular flexibility index (Phi) is 3.06. The van der Waals surface area contributed by atoms with E-state index >= 15 is 0 Å². The fourth-order valence-corrected chi connectivity index (χ4v) is 1.68. The van der Waals surface area contributed by atoms with E-state index in [0.717, 1.165) is 0 Å². The molecule has 2 rings (SSSR count). The van der Waals surface area contributed by atoms with Crippen molar-refractivity contribution in [2.45, 2.75) is 0 Å². The number of pyridine rings is 1. The number of carbonyl (C=O) groups is 1. The summed E-state index contributed by atoms with van der Waals surface area (Å²) in [6.07, 6.45) is 1.39. The molecule has 0 saturated heterocycles. The molecular formula is C12H7ClFNO2. The molecule has 1 N–H and O–H groups in total. The summed E-state index contributed by atoms with van der Waals surface area (Å²) in [5.74, 6) is -1.52. The first-order valence-electron chi connectivity index (χ1n) is 4.72. The van der Waals surface area contributed by atoms with Gasteiger partial charge in [0.1, 0.15) is 11.5 Å². The summed E-state index contributed by atoms with van der Waals surface area (Å²) in [6, 6.07) is 6.95. The van der Waals surface area contributed by atoms with Gasteiger partial charge < -0.3 is 5.11 Å². The maximum absolute atomic E-state index is 12.9. The molecule has 1 aromatic heterocycles. The van der Waals surface area contributed by atoms with Crippen LogP contribution in [0, 0.1) is 5.82 Å². The summed E-state index contributed by atoms with van der Waals surface area (Å²) in [5.41, 5.74) is 1.20. The molecule has 0 aliphatic carbocycles. The van der Waals surface area contributed by atoms with Crippen LogP contribution in [0.4, 0.5) is 4.39 Å². The molecule has 5 heteroatoms. The fraction of sp³-hybridized carbons (Fsp3) is 0. The monoisotopic (exact) mass is 251 g/mol. The Morgan fingerprint density at radius 3 is 2.59 bits per heavy atom. The van der Waals surface area contributed by atoms with Crippen LogP contribution in [0.25, 0.3) is 11.1 Å². The highest BCUT2D eigenvalue weighted by Gasteiger charge is 2.07. The van der Waals surface area contributed by atoms with E-state index in [2.05, 4.69) is 4.98 Å². The van der Waals surface area contributed by atoms with Crippen molar-refractivity contribution in [1.82, 2.24) is 4.98 Å². The molecule has 0 aliphatic heterocycles. The smallest absolute Gasteiger partial charge is 0.354 e. The van der Waals surface area contributed by atoms with Gasteiger partial charge >= 0.3 is 5.97 Å². The number of rotatable bonds is 2. The Hall–Kier alpha value is -1.94. The molecular weight excluding hydrogens is 245 g/mol. The van der Waals surface area contributed by atoms with Gasteiger partial charge in [-0.2, -0.15) is 0 Å². The second kappa shape index (κ2) is 4.51. The number of hydrogen-bond acceptors (Lipinski definition) is 2. The number of carboxylic acid groups (broad SMARTS) is 1. The summed E-state index contributed by atoms with van der Waals surface area (Å²) in [6.45, 7) is 0. The van der Waals surface area contributed by atoms with Crippen molar-refractivity contribution in [3.63, 3.8) is 0 Å². The standard InChI is InChI=1S/C12H7ClFNO2/c13-10-5-8(14)2-3-9(10)7-1-4-11(12(16)17)15-6-7/h1-6H,(H,16,17). The normalized spacial score (nSPS) is 10.2. The third-order valence-electron chi connectivity index (χ3n) is 2.22. The van der Waals surface area contributed by atoms with Crippen LogP contribution in [-0.2, 0) is 0 Å². The fourth-order valence-electron chi connectivity index (χ4n) is 1.40. The van der Waals surface area contributed by atoms with Crippen LogP contribution in [0.15, 0.2) is 36.5 Å². The Morgan fingerprint density at radius 2 is 2.06 bits per heavy atom. The lowest BCUT2D eigenvalue weighted by Gasteiger charge is -2.04. The molecule has 86 valence electrons. The molecule has 0 saturated carbocycles. The molecule has 0 atom stereocenters. The zero-order chi connectivity index (χ0) is 12.4. The van der Waals surface area contributed by atoms with Crippen molar-refractivity contribution in [2.24, 2.45) is 0 Å². The van der Waals surface area contributed by atoms with Gasteiger partial charge in [0.15, 0.2) is 0 Å². The second-order valence-corrected chi connectivity index (χ2v) is 3.77. The number of aromatic carboxylic acids is 1. The van der Waals surface area contributed by atoms with E-state index in [9.17, 15) is 9.18 Å². The molecule has 0 bridgehead atoms. The predicted octanol–water partition coefficient (Wildman–Crippen LogP) is 3.24. The van der Waals surface area contributed by atoms with Gasteiger partial charge in [-0.05, 0) is 24.3 Å². The Labute approximate surface area is 101 Å². The number of aromatic nitrogens is 1. The van der Waals surface area contributed by atoms with Gasteiger partial charge in [-0.1, -0.05) is 17.7 Å². The van der Waals surface area contributed by atoms with E-state index in [4.69, 9.17) is 16.7 Å². The van der Waals surface area contributed by atoms with Gasteiger partial charge in [-0.3, -0.25) is 0 Å². The highest BCUT2D eigenvalue weighted by atomic mass is 35.5. The van der Waals surface area contributed by atoms with Crippen molar-refractivity contribution in [1.29, 1.82) is 0 Å². The largest absolute Gasteiger partial charge is 0.477 e. The topological polar surface area (TPSA) is 50.2 Å². The number of carboxylic acids is 1. The molecule has 0 radical (unpaired) electrons. The third kappa shape index (κ3) is 2.42. The minimum absolute atomic E-state index is 0.0491. The predicted molar refractivity (Wildman–Crippen MR) is 61.6 cm³/mol. The van der Waals surface area contributed by atoms with Gasteiger partial charge in [-0.15, -0.1) is 0 Å². The van der Waals surface area contributed by atoms with Crippen LogP contribution in [0.5, 0.6) is 0 Å². The van der Waals surface area contributed by atoms with Crippen LogP contribution in [0.3, 0.4) is 0 Å². The maximum atomic E-state index is 12.9. The molecule has 1 heterocycles. The molecule has 3 nitrogen and oxygen atoms in total. The molecule has 0 amide bonds. The molecule has 0 unspecified atom stereocenters. The first kappa shape index (κ1) is 11.5. The molecule has 2 aromatic rings. The average Bonchev–Trinajstić information content (AvgIpc) is 2.29. The van der Waals surface area contributed by atoms with Crippen LogP contribution in [-0.4, -0.2) is 16.1 Å².